The molecule has 1 aromatic carbocycles. The molecule has 6 heteroatoms. The van der Waals surface area contributed by atoms with Crippen LogP contribution in [-0.2, 0) is 4.79 Å². The van der Waals surface area contributed by atoms with E-state index in [1.165, 1.54) is 23.9 Å². The van der Waals surface area contributed by atoms with Gasteiger partial charge in [-0.15, -0.1) is 11.8 Å². The van der Waals surface area contributed by atoms with Crippen LogP contribution in [0.3, 0.4) is 0 Å². The smallest absolute Gasteiger partial charge is 0.237 e. The molecule has 4 N–H and O–H groups in total. The Morgan fingerprint density at radius 3 is 2.63 bits per heavy atom. The Labute approximate surface area is 115 Å². The maximum atomic E-state index is 13.3. The van der Waals surface area contributed by atoms with Gasteiger partial charge in [-0.3, -0.25) is 4.79 Å². The summed E-state index contributed by atoms with van der Waals surface area (Å²) in [5, 5.41) is 0. The average molecular weight is 288 g/mol. The molecule has 0 aliphatic carbocycles. The number of amides is 1. The van der Waals surface area contributed by atoms with Crippen molar-refractivity contribution in [1.29, 1.82) is 0 Å². The van der Waals surface area contributed by atoms with Gasteiger partial charge in [0.05, 0.1) is 5.54 Å². The van der Waals surface area contributed by atoms with Crippen LogP contribution in [-0.4, -0.2) is 17.2 Å². The topological polar surface area (TPSA) is 69.1 Å². The number of carbonyl (C=O) groups is 1. The molecular formula is C13H18F2N2OS. The molecule has 106 valence electrons. The summed E-state index contributed by atoms with van der Waals surface area (Å²) in [6, 6.07) is 3.52. The van der Waals surface area contributed by atoms with E-state index in [4.69, 9.17) is 11.5 Å². The molecular weight excluding hydrogens is 270 g/mol. The largest absolute Gasteiger partial charge is 0.368 e. The van der Waals surface area contributed by atoms with Gasteiger partial charge in [0.15, 0.2) is 0 Å². The number of benzene rings is 1. The van der Waals surface area contributed by atoms with E-state index in [2.05, 4.69) is 0 Å². The van der Waals surface area contributed by atoms with Gasteiger partial charge in [0.1, 0.15) is 11.6 Å². The molecule has 0 aliphatic heterocycles. The normalized spacial score (nSPS) is 14.1. The summed E-state index contributed by atoms with van der Waals surface area (Å²) in [5.74, 6) is -0.977. The van der Waals surface area contributed by atoms with Crippen molar-refractivity contribution >= 4 is 17.7 Å². The molecule has 19 heavy (non-hydrogen) atoms. The molecule has 0 heterocycles. The van der Waals surface area contributed by atoms with Gasteiger partial charge in [0.25, 0.3) is 0 Å². The number of hydrogen-bond donors (Lipinski definition) is 2. The number of halogens is 2. The minimum absolute atomic E-state index is 0.423. The van der Waals surface area contributed by atoms with E-state index < -0.39 is 23.1 Å². The summed E-state index contributed by atoms with van der Waals surface area (Å²) in [7, 11) is 0. The maximum absolute atomic E-state index is 13.3. The van der Waals surface area contributed by atoms with Crippen molar-refractivity contribution in [2.24, 2.45) is 11.5 Å². The van der Waals surface area contributed by atoms with E-state index in [1.807, 2.05) is 0 Å². The van der Waals surface area contributed by atoms with Gasteiger partial charge in [0, 0.05) is 11.0 Å². The highest BCUT2D eigenvalue weighted by atomic mass is 32.2. The molecule has 1 atom stereocenters. The Kier molecular flexibility index (Phi) is 5.75. The number of nitrogens with two attached hydrogens (primary N) is 2. The predicted molar refractivity (Wildman–Crippen MR) is 72.7 cm³/mol. The number of primary amides is 1. The third-order valence-electron chi connectivity index (χ3n) is 2.80. The molecule has 0 aliphatic rings. The Morgan fingerprint density at radius 2 is 2.05 bits per heavy atom. The number of thioether (sulfide) groups is 1. The van der Waals surface area contributed by atoms with Crippen LogP contribution >= 0.6 is 11.8 Å². The number of carbonyl (C=O) groups excluding carboxylic acids is 1. The molecule has 0 aromatic heterocycles. The van der Waals surface area contributed by atoms with Gasteiger partial charge in [0.2, 0.25) is 5.91 Å². The minimum atomic E-state index is -0.994. The quantitative estimate of drug-likeness (QED) is 0.598. The molecule has 1 rings (SSSR count). The fourth-order valence-electron chi connectivity index (χ4n) is 1.49. The van der Waals surface area contributed by atoms with Gasteiger partial charge >= 0.3 is 0 Å². The van der Waals surface area contributed by atoms with Crippen molar-refractivity contribution in [2.45, 2.75) is 36.6 Å². The second kappa shape index (κ2) is 6.86. The predicted octanol–water partition coefficient (Wildman–Crippen LogP) is 2.43. The number of unbranched alkanes of at least 4 members (excludes halogenated alkanes) is 1. The van der Waals surface area contributed by atoms with Crippen molar-refractivity contribution in [3.8, 4) is 0 Å². The monoisotopic (exact) mass is 288 g/mol. The highest BCUT2D eigenvalue weighted by Gasteiger charge is 2.24. The first-order valence-electron chi connectivity index (χ1n) is 5.99. The van der Waals surface area contributed by atoms with E-state index in [0.717, 1.165) is 18.9 Å². The van der Waals surface area contributed by atoms with E-state index in [0.29, 0.717) is 17.1 Å². The lowest BCUT2D eigenvalue weighted by atomic mass is 9.96. The zero-order valence-electron chi connectivity index (χ0n) is 10.8. The first-order chi connectivity index (χ1) is 8.83. The average Bonchev–Trinajstić information content (AvgIpc) is 2.31. The summed E-state index contributed by atoms with van der Waals surface area (Å²) >= 11 is 1.32. The van der Waals surface area contributed by atoms with Gasteiger partial charge in [-0.2, -0.15) is 0 Å². The van der Waals surface area contributed by atoms with Crippen molar-refractivity contribution in [3.63, 3.8) is 0 Å². The van der Waals surface area contributed by atoms with Crippen molar-refractivity contribution in [3.05, 3.63) is 29.8 Å². The van der Waals surface area contributed by atoms with Crippen LogP contribution in [0.15, 0.2) is 23.1 Å². The minimum Gasteiger partial charge on any atom is -0.368 e. The Hall–Kier alpha value is -1.14. The van der Waals surface area contributed by atoms with Crippen molar-refractivity contribution in [2.75, 3.05) is 5.75 Å². The van der Waals surface area contributed by atoms with Gasteiger partial charge in [-0.1, -0.05) is 6.42 Å². The molecule has 0 radical (unpaired) electrons. The zero-order valence-corrected chi connectivity index (χ0v) is 11.6. The Morgan fingerprint density at radius 1 is 1.37 bits per heavy atom. The fourth-order valence-corrected chi connectivity index (χ4v) is 2.42. The lowest BCUT2D eigenvalue weighted by Crippen LogP contribution is -2.49. The summed E-state index contributed by atoms with van der Waals surface area (Å²) in [5.41, 5.74) is 9.87. The Balaban J connectivity index is 2.30. The molecule has 0 spiro atoms. The Bertz CT molecular complexity index is 452. The summed E-state index contributed by atoms with van der Waals surface area (Å²) in [4.78, 5) is 11.4. The molecule has 0 saturated carbocycles. The molecule has 1 aromatic rings. The summed E-state index contributed by atoms with van der Waals surface area (Å²) in [6.07, 6.45) is 2.00. The molecule has 1 amide bonds. The lowest BCUT2D eigenvalue weighted by Gasteiger charge is -2.19. The standard InChI is InChI=1S/C13H18F2N2OS/c1-13(17,12(16)18)6-2-3-7-19-11-5-4-9(14)8-10(11)15/h4-5,8H,2-3,6-7,17H2,1H3,(H2,16,18). The second-order valence-corrected chi connectivity index (χ2v) is 5.80. The maximum Gasteiger partial charge on any atom is 0.237 e. The third kappa shape index (κ3) is 5.16. The zero-order chi connectivity index (χ0) is 14.5. The van der Waals surface area contributed by atoms with Crippen LogP contribution in [0.5, 0.6) is 0 Å². The second-order valence-electron chi connectivity index (χ2n) is 4.66. The van der Waals surface area contributed by atoms with E-state index in [1.54, 1.807) is 6.92 Å². The van der Waals surface area contributed by atoms with Gasteiger partial charge in [-0.05, 0) is 37.7 Å². The van der Waals surface area contributed by atoms with Gasteiger partial charge in [-0.25, -0.2) is 8.78 Å². The van der Waals surface area contributed by atoms with Crippen LogP contribution < -0.4 is 11.5 Å². The first-order valence-corrected chi connectivity index (χ1v) is 6.98. The summed E-state index contributed by atoms with van der Waals surface area (Å²) in [6.45, 7) is 1.60. The number of rotatable bonds is 7. The SMILES string of the molecule is CC(N)(CCCCSc1ccc(F)cc1F)C(N)=O. The molecule has 1 unspecified atom stereocenters. The third-order valence-corrected chi connectivity index (χ3v) is 3.94. The number of hydrogen-bond acceptors (Lipinski definition) is 3. The van der Waals surface area contributed by atoms with Crippen LogP contribution in [0, 0.1) is 11.6 Å². The van der Waals surface area contributed by atoms with Crippen molar-refractivity contribution < 1.29 is 13.6 Å². The molecule has 0 saturated heterocycles. The van der Waals surface area contributed by atoms with Crippen LogP contribution in [0.1, 0.15) is 26.2 Å². The van der Waals surface area contributed by atoms with Crippen LogP contribution in [0.4, 0.5) is 8.78 Å². The van der Waals surface area contributed by atoms with Crippen LogP contribution in [0.2, 0.25) is 0 Å². The van der Waals surface area contributed by atoms with Gasteiger partial charge < -0.3 is 11.5 Å². The molecule has 0 bridgehead atoms. The van der Waals surface area contributed by atoms with Crippen LogP contribution in [0.25, 0.3) is 0 Å². The summed E-state index contributed by atoms with van der Waals surface area (Å²) < 4.78 is 26.0. The highest BCUT2D eigenvalue weighted by molar-refractivity contribution is 7.99. The molecule has 0 fully saturated rings. The lowest BCUT2D eigenvalue weighted by molar-refractivity contribution is -0.122. The van der Waals surface area contributed by atoms with E-state index in [-0.39, 0.29) is 0 Å². The highest BCUT2D eigenvalue weighted by Crippen LogP contribution is 2.24. The molecule has 3 nitrogen and oxygen atoms in total. The van der Waals surface area contributed by atoms with E-state index in [9.17, 15) is 13.6 Å². The fraction of sp³-hybridized carbons (Fsp3) is 0.462. The van der Waals surface area contributed by atoms with Crippen molar-refractivity contribution in [1.82, 2.24) is 0 Å². The first kappa shape index (κ1) is 15.9. The van der Waals surface area contributed by atoms with E-state index >= 15 is 0 Å².